The minimum atomic E-state index is -0.214. The number of fused-ring (bicyclic) bond motifs is 1. The molecule has 0 aliphatic carbocycles. The van der Waals surface area contributed by atoms with E-state index >= 15 is 0 Å². The molecule has 0 atom stereocenters. The van der Waals surface area contributed by atoms with Crippen molar-refractivity contribution in [3.8, 4) is 27.6 Å². The van der Waals surface area contributed by atoms with Crippen LogP contribution in [-0.2, 0) is 9.59 Å². The fraction of sp³-hybridized carbons (Fsp3) is 0.320. The average Bonchev–Trinajstić information content (AvgIpc) is 3.31. The molecule has 0 bridgehead atoms. The first-order valence-corrected chi connectivity index (χ1v) is 12.3. The predicted octanol–water partition coefficient (Wildman–Crippen LogP) is 5.11. The van der Waals surface area contributed by atoms with Crippen molar-refractivity contribution in [2.75, 3.05) is 31.1 Å². The summed E-state index contributed by atoms with van der Waals surface area (Å²) in [5.41, 5.74) is 3.13. The Kier molecular flexibility index (Phi) is 6.08. The lowest BCUT2D eigenvalue weighted by Crippen LogP contribution is -2.48. The number of carbonyl (C=O) groups excluding carboxylic acids is 2. The topological polar surface area (TPSA) is 62.7 Å². The molecule has 3 heterocycles. The molecular formula is C25H24ClN3O3S. The van der Waals surface area contributed by atoms with Gasteiger partial charge in [-0.15, -0.1) is 11.3 Å². The first-order chi connectivity index (χ1) is 16.0. The molecule has 8 heteroatoms. The fourth-order valence-corrected chi connectivity index (χ4v) is 5.34. The standard InChI is InChI=1S/C25H24ClN3O3S/c1-16-8-10-28(11-9-16)23(30)13-29-21-12-17(6-7-22(21)32-14-24(29)31)20-15-33-25(27-20)18-4-2-3-5-19(18)26/h2-7,12,15-16H,8-11,13-14H2,1H3. The molecule has 0 radical (unpaired) electrons. The van der Waals surface area contributed by atoms with E-state index in [9.17, 15) is 9.59 Å². The molecule has 1 saturated heterocycles. The first-order valence-electron chi connectivity index (χ1n) is 11.1. The quantitative estimate of drug-likeness (QED) is 0.519. The largest absolute Gasteiger partial charge is 0.482 e. The van der Waals surface area contributed by atoms with Crippen LogP contribution in [-0.4, -0.2) is 47.9 Å². The van der Waals surface area contributed by atoms with Gasteiger partial charge in [-0.2, -0.15) is 0 Å². The number of halogens is 1. The number of amides is 2. The molecular weight excluding hydrogens is 458 g/mol. The highest BCUT2D eigenvalue weighted by molar-refractivity contribution is 7.13. The van der Waals surface area contributed by atoms with Crippen LogP contribution in [0.5, 0.6) is 5.75 Å². The highest BCUT2D eigenvalue weighted by Gasteiger charge is 2.30. The predicted molar refractivity (Wildman–Crippen MR) is 131 cm³/mol. The maximum absolute atomic E-state index is 12.9. The van der Waals surface area contributed by atoms with Crippen LogP contribution in [0.15, 0.2) is 47.8 Å². The van der Waals surface area contributed by atoms with Gasteiger partial charge >= 0.3 is 0 Å². The Labute approximate surface area is 201 Å². The Morgan fingerprint density at radius 3 is 2.79 bits per heavy atom. The van der Waals surface area contributed by atoms with Gasteiger partial charge in [0.2, 0.25) is 5.91 Å². The van der Waals surface area contributed by atoms with E-state index in [0.717, 1.165) is 47.8 Å². The van der Waals surface area contributed by atoms with Crippen LogP contribution >= 0.6 is 22.9 Å². The van der Waals surface area contributed by atoms with E-state index in [1.54, 1.807) is 4.90 Å². The van der Waals surface area contributed by atoms with E-state index in [4.69, 9.17) is 21.3 Å². The van der Waals surface area contributed by atoms with Crippen molar-refractivity contribution in [3.05, 3.63) is 52.9 Å². The molecule has 2 aliphatic heterocycles. The summed E-state index contributed by atoms with van der Waals surface area (Å²) in [5.74, 6) is 0.993. The Balaban J connectivity index is 1.41. The van der Waals surface area contributed by atoms with Gasteiger partial charge in [-0.25, -0.2) is 4.98 Å². The SMILES string of the molecule is CC1CCN(C(=O)CN2C(=O)COc3ccc(-c4csc(-c5ccccc5Cl)n4)cc32)CC1. The zero-order valence-corrected chi connectivity index (χ0v) is 19.9. The molecule has 6 nitrogen and oxygen atoms in total. The lowest BCUT2D eigenvalue weighted by molar-refractivity contribution is -0.133. The van der Waals surface area contributed by atoms with Crippen LogP contribution in [0.3, 0.4) is 0 Å². The second kappa shape index (κ2) is 9.15. The third-order valence-electron chi connectivity index (χ3n) is 6.24. The number of benzene rings is 2. The Bertz CT molecular complexity index is 1200. The van der Waals surface area contributed by atoms with E-state index in [1.165, 1.54) is 11.3 Å². The maximum atomic E-state index is 12.9. The Hall–Kier alpha value is -2.90. The number of thiazole rings is 1. The van der Waals surface area contributed by atoms with Gasteiger partial charge in [-0.05, 0) is 43.0 Å². The van der Waals surface area contributed by atoms with Crippen LogP contribution in [0.4, 0.5) is 5.69 Å². The third-order valence-corrected chi connectivity index (χ3v) is 7.44. The van der Waals surface area contributed by atoms with Crippen LogP contribution in [0.2, 0.25) is 5.02 Å². The number of rotatable bonds is 4. The lowest BCUT2D eigenvalue weighted by Gasteiger charge is -2.34. The number of hydrogen-bond donors (Lipinski definition) is 0. The molecule has 2 aliphatic rings. The number of hydrogen-bond acceptors (Lipinski definition) is 5. The number of nitrogens with zero attached hydrogens (tertiary/aromatic N) is 3. The molecule has 170 valence electrons. The molecule has 0 N–H and O–H groups in total. The Morgan fingerprint density at radius 1 is 1.21 bits per heavy atom. The van der Waals surface area contributed by atoms with E-state index in [1.807, 2.05) is 52.7 Å². The highest BCUT2D eigenvalue weighted by Crippen LogP contribution is 2.38. The summed E-state index contributed by atoms with van der Waals surface area (Å²) in [4.78, 5) is 33.8. The minimum absolute atomic E-state index is 0.0228. The van der Waals surface area contributed by atoms with Gasteiger partial charge < -0.3 is 9.64 Å². The molecule has 0 saturated carbocycles. The molecule has 0 spiro atoms. The molecule has 1 fully saturated rings. The number of aromatic nitrogens is 1. The number of ether oxygens (including phenoxy) is 1. The number of likely N-dealkylation sites (tertiary alicyclic amines) is 1. The third kappa shape index (κ3) is 4.48. The molecule has 1 aromatic heterocycles. The van der Waals surface area contributed by atoms with Gasteiger partial charge in [-0.3, -0.25) is 14.5 Å². The second-order valence-corrected chi connectivity index (χ2v) is 9.80. The summed E-state index contributed by atoms with van der Waals surface area (Å²) < 4.78 is 5.64. The van der Waals surface area contributed by atoms with Crippen LogP contribution in [0.1, 0.15) is 19.8 Å². The molecule has 33 heavy (non-hydrogen) atoms. The number of anilines is 1. The second-order valence-electron chi connectivity index (χ2n) is 8.53. The van der Waals surface area contributed by atoms with Crippen molar-refractivity contribution in [2.24, 2.45) is 5.92 Å². The number of piperidine rings is 1. The zero-order valence-electron chi connectivity index (χ0n) is 18.3. The van der Waals surface area contributed by atoms with Gasteiger partial charge in [0.15, 0.2) is 6.61 Å². The molecule has 5 rings (SSSR count). The van der Waals surface area contributed by atoms with Crippen molar-refractivity contribution >= 4 is 40.4 Å². The summed E-state index contributed by atoms with van der Waals surface area (Å²) >= 11 is 7.85. The Morgan fingerprint density at radius 2 is 2.00 bits per heavy atom. The summed E-state index contributed by atoms with van der Waals surface area (Å²) in [7, 11) is 0. The summed E-state index contributed by atoms with van der Waals surface area (Å²) in [6.45, 7) is 3.66. The van der Waals surface area contributed by atoms with Gasteiger partial charge in [0.25, 0.3) is 5.91 Å². The monoisotopic (exact) mass is 481 g/mol. The molecule has 3 aromatic rings. The molecule has 0 unspecified atom stereocenters. The molecule has 2 aromatic carbocycles. The van der Waals surface area contributed by atoms with E-state index in [-0.39, 0.29) is 25.0 Å². The van der Waals surface area contributed by atoms with Crippen molar-refractivity contribution in [3.63, 3.8) is 0 Å². The van der Waals surface area contributed by atoms with Gasteiger partial charge in [0.1, 0.15) is 17.3 Å². The van der Waals surface area contributed by atoms with Gasteiger partial charge in [0, 0.05) is 29.6 Å². The normalized spacial score (nSPS) is 16.5. The van der Waals surface area contributed by atoms with Crippen LogP contribution < -0.4 is 9.64 Å². The van der Waals surface area contributed by atoms with Gasteiger partial charge in [-0.1, -0.05) is 36.7 Å². The smallest absolute Gasteiger partial charge is 0.265 e. The van der Waals surface area contributed by atoms with Crippen molar-refractivity contribution in [2.45, 2.75) is 19.8 Å². The summed E-state index contributed by atoms with van der Waals surface area (Å²) in [5, 5.41) is 3.45. The lowest BCUT2D eigenvalue weighted by atomic mass is 9.99. The van der Waals surface area contributed by atoms with E-state index in [2.05, 4.69) is 6.92 Å². The molecule has 2 amide bonds. The van der Waals surface area contributed by atoms with E-state index in [0.29, 0.717) is 22.4 Å². The maximum Gasteiger partial charge on any atom is 0.265 e. The van der Waals surface area contributed by atoms with Crippen LogP contribution in [0, 0.1) is 5.92 Å². The van der Waals surface area contributed by atoms with E-state index < -0.39 is 0 Å². The average molecular weight is 482 g/mol. The highest BCUT2D eigenvalue weighted by atomic mass is 35.5. The van der Waals surface area contributed by atoms with Crippen molar-refractivity contribution in [1.29, 1.82) is 0 Å². The number of carbonyl (C=O) groups is 2. The fourth-order valence-electron chi connectivity index (χ4n) is 4.19. The summed E-state index contributed by atoms with van der Waals surface area (Å²) in [6.07, 6.45) is 2.00. The first kappa shape index (κ1) is 21.9. The summed E-state index contributed by atoms with van der Waals surface area (Å²) in [6, 6.07) is 13.3. The minimum Gasteiger partial charge on any atom is -0.482 e. The van der Waals surface area contributed by atoms with Crippen LogP contribution in [0.25, 0.3) is 21.8 Å². The van der Waals surface area contributed by atoms with Gasteiger partial charge in [0.05, 0.1) is 16.4 Å². The van der Waals surface area contributed by atoms with Crippen molar-refractivity contribution < 1.29 is 14.3 Å². The zero-order chi connectivity index (χ0) is 22.9. The van der Waals surface area contributed by atoms with Crippen molar-refractivity contribution in [1.82, 2.24) is 9.88 Å².